The van der Waals surface area contributed by atoms with Crippen LogP contribution in [0.1, 0.15) is 44.7 Å². The van der Waals surface area contributed by atoms with E-state index in [2.05, 4.69) is 26.9 Å². The molecule has 3 aromatic rings. The van der Waals surface area contributed by atoms with E-state index in [-0.39, 0.29) is 18.6 Å². The predicted octanol–water partition coefficient (Wildman–Crippen LogP) is 4.07. The van der Waals surface area contributed by atoms with E-state index in [1.54, 1.807) is 4.90 Å². The summed E-state index contributed by atoms with van der Waals surface area (Å²) >= 11 is 0. The van der Waals surface area contributed by atoms with Crippen LogP contribution in [0.25, 0.3) is 17.0 Å². The quantitative estimate of drug-likeness (QED) is 0.430. The van der Waals surface area contributed by atoms with Gasteiger partial charge in [-0.3, -0.25) is 10.2 Å². The first-order valence-corrected chi connectivity index (χ1v) is 13.3. The van der Waals surface area contributed by atoms with Crippen molar-refractivity contribution >= 4 is 17.6 Å². The van der Waals surface area contributed by atoms with Crippen molar-refractivity contribution in [2.24, 2.45) is 0 Å². The summed E-state index contributed by atoms with van der Waals surface area (Å²) in [7, 11) is 0. The van der Waals surface area contributed by atoms with Crippen molar-refractivity contribution in [3.8, 4) is 17.1 Å². The molecular weight excluding hydrogens is 555 g/mol. The first-order valence-electron chi connectivity index (χ1n) is 13.3. The van der Waals surface area contributed by atoms with Crippen LogP contribution in [-0.4, -0.2) is 67.6 Å². The van der Waals surface area contributed by atoms with Crippen molar-refractivity contribution in [3.05, 3.63) is 65.7 Å². The van der Waals surface area contributed by atoms with Crippen molar-refractivity contribution in [2.75, 3.05) is 13.1 Å². The number of carbonyl (C=O) groups excluding carboxylic acids is 2. The van der Waals surface area contributed by atoms with Crippen LogP contribution < -0.4 is 15.6 Å². The predicted molar refractivity (Wildman–Crippen MR) is 145 cm³/mol. The lowest BCUT2D eigenvalue weighted by Gasteiger charge is -2.43. The van der Waals surface area contributed by atoms with Gasteiger partial charge in [0.2, 0.25) is 5.82 Å². The lowest BCUT2D eigenvalue weighted by Crippen LogP contribution is -2.50. The number of halogens is 3. The van der Waals surface area contributed by atoms with Crippen molar-refractivity contribution < 1.29 is 32.2 Å². The van der Waals surface area contributed by atoms with Crippen LogP contribution in [0.3, 0.4) is 0 Å². The summed E-state index contributed by atoms with van der Waals surface area (Å²) in [5.74, 6) is -1.10. The number of piperidine rings is 1. The summed E-state index contributed by atoms with van der Waals surface area (Å²) in [5, 5.41) is 11.9. The van der Waals surface area contributed by atoms with E-state index >= 15 is 0 Å². The average Bonchev–Trinajstić information content (AvgIpc) is 3.40. The maximum atomic E-state index is 12.6. The Balaban J connectivity index is 1.31. The molecule has 0 bridgehead atoms. The van der Waals surface area contributed by atoms with Gasteiger partial charge in [0.1, 0.15) is 23.6 Å². The van der Waals surface area contributed by atoms with Gasteiger partial charge in [-0.15, -0.1) is 15.0 Å². The molecule has 11 nitrogen and oxygen atoms in total. The molecule has 1 spiro atoms. The van der Waals surface area contributed by atoms with E-state index in [0.29, 0.717) is 31.5 Å². The fraction of sp³-hybridized carbons (Fsp3) is 0.393. The molecule has 14 heteroatoms. The number of hydrogen-bond acceptors (Lipinski definition) is 8. The number of amides is 2. The number of carbonyl (C=O) groups is 2. The molecule has 1 fully saturated rings. The van der Waals surface area contributed by atoms with Crippen molar-refractivity contribution in [2.45, 2.75) is 57.7 Å². The molecule has 3 heterocycles. The standard InChI is InChI=1S/C28H30F3N7O4/c1-26(2,3)42-25(40)37-14-12-27(13-15-37)16-21(20-6-4-5-7-22(20)41-27)18-8-10-19(11-9-18)23-33-36-38(35-23)17-32-34-24(39)28(29,30)31/h4-11,16,32H,12-15,17H2,1-3H3,(H,34,39). The van der Waals surface area contributed by atoms with Gasteiger partial charge in [-0.1, -0.05) is 42.5 Å². The number of alkyl halides is 3. The van der Waals surface area contributed by atoms with Gasteiger partial charge in [0.25, 0.3) is 0 Å². The second-order valence-corrected chi connectivity index (χ2v) is 11.0. The molecule has 2 aliphatic heterocycles. The molecule has 0 aliphatic carbocycles. The monoisotopic (exact) mass is 585 g/mol. The minimum Gasteiger partial charge on any atom is -0.482 e. The molecule has 0 unspecified atom stereocenters. The Kier molecular flexibility index (Phi) is 7.66. The van der Waals surface area contributed by atoms with E-state index in [1.165, 1.54) is 5.43 Å². The highest BCUT2D eigenvalue weighted by atomic mass is 19.4. The van der Waals surface area contributed by atoms with E-state index in [4.69, 9.17) is 9.47 Å². The van der Waals surface area contributed by atoms with E-state index in [0.717, 1.165) is 27.2 Å². The smallest absolute Gasteiger partial charge is 0.472 e. The van der Waals surface area contributed by atoms with Crippen molar-refractivity contribution in [1.29, 1.82) is 0 Å². The van der Waals surface area contributed by atoms with Crippen LogP contribution in [0.15, 0.2) is 54.6 Å². The maximum Gasteiger partial charge on any atom is 0.472 e. The molecule has 0 radical (unpaired) electrons. The normalized spacial score (nSPS) is 16.3. The number of nitrogens with one attached hydrogen (secondary N) is 2. The maximum absolute atomic E-state index is 12.6. The fourth-order valence-corrected chi connectivity index (χ4v) is 4.73. The van der Waals surface area contributed by atoms with Crippen LogP contribution >= 0.6 is 0 Å². The van der Waals surface area contributed by atoms with Crippen LogP contribution in [-0.2, 0) is 16.2 Å². The van der Waals surface area contributed by atoms with Crippen LogP contribution in [0.2, 0.25) is 0 Å². The summed E-state index contributed by atoms with van der Waals surface area (Å²) in [4.78, 5) is 26.2. The van der Waals surface area contributed by atoms with E-state index < -0.39 is 23.3 Å². The Bertz CT molecular complexity index is 1490. The molecule has 1 aromatic heterocycles. The second-order valence-electron chi connectivity index (χ2n) is 11.0. The lowest BCUT2D eigenvalue weighted by molar-refractivity contribution is -0.174. The van der Waals surface area contributed by atoms with E-state index in [1.807, 2.05) is 69.3 Å². The number of ether oxygens (including phenoxy) is 2. The molecule has 0 atom stereocenters. The van der Waals surface area contributed by atoms with Gasteiger partial charge in [-0.05, 0) is 49.3 Å². The number of aromatic nitrogens is 4. The molecule has 1 saturated heterocycles. The summed E-state index contributed by atoms with van der Waals surface area (Å²) in [5.41, 5.74) is 6.01. The molecule has 2 amide bonds. The largest absolute Gasteiger partial charge is 0.482 e. The number of para-hydroxylation sites is 1. The number of tetrazole rings is 1. The van der Waals surface area contributed by atoms with Crippen molar-refractivity contribution in [3.63, 3.8) is 0 Å². The zero-order valence-electron chi connectivity index (χ0n) is 23.2. The molecule has 0 saturated carbocycles. The van der Waals surface area contributed by atoms with Crippen LogP contribution in [0, 0.1) is 0 Å². The molecule has 2 N–H and O–H groups in total. The van der Waals surface area contributed by atoms with Gasteiger partial charge in [0, 0.05) is 37.1 Å². The average molecular weight is 586 g/mol. The highest BCUT2D eigenvalue weighted by Gasteiger charge is 2.41. The van der Waals surface area contributed by atoms with Crippen molar-refractivity contribution in [1.82, 2.24) is 36.0 Å². The number of likely N-dealkylation sites (tertiary alicyclic amines) is 1. The number of nitrogens with zero attached hydrogens (tertiary/aromatic N) is 5. The molecule has 5 rings (SSSR count). The Morgan fingerprint density at radius 2 is 1.69 bits per heavy atom. The fourth-order valence-electron chi connectivity index (χ4n) is 4.73. The third kappa shape index (κ3) is 6.54. The number of fused-ring (bicyclic) bond motifs is 1. The zero-order valence-corrected chi connectivity index (χ0v) is 23.2. The van der Waals surface area contributed by atoms with Gasteiger partial charge >= 0.3 is 18.2 Å². The highest BCUT2D eigenvalue weighted by Crippen LogP contribution is 2.43. The van der Waals surface area contributed by atoms with Gasteiger partial charge in [0.15, 0.2) is 0 Å². The zero-order chi connectivity index (χ0) is 30.1. The van der Waals surface area contributed by atoms with Gasteiger partial charge in [-0.25, -0.2) is 10.2 Å². The molecule has 2 aromatic carbocycles. The third-order valence-corrected chi connectivity index (χ3v) is 6.75. The molecule has 2 aliphatic rings. The summed E-state index contributed by atoms with van der Waals surface area (Å²) < 4.78 is 49.0. The summed E-state index contributed by atoms with van der Waals surface area (Å²) in [6.45, 7) is 6.21. The number of hydrazine groups is 1. The highest BCUT2D eigenvalue weighted by molar-refractivity contribution is 5.85. The molecule has 42 heavy (non-hydrogen) atoms. The van der Waals surface area contributed by atoms with Gasteiger partial charge < -0.3 is 14.4 Å². The Morgan fingerprint density at radius 3 is 2.36 bits per heavy atom. The SMILES string of the molecule is CC(C)(C)OC(=O)N1CCC2(C=C(c3ccc(-c4nnn(CNNC(=O)C(F)(F)F)n4)cc3)c3ccccc3O2)CC1. The Hall–Kier alpha value is -4.46. The summed E-state index contributed by atoms with van der Waals surface area (Å²) in [6, 6.07) is 15.3. The Labute approximate surface area is 239 Å². The topological polar surface area (TPSA) is 124 Å². The third-order valence-electron chi connectivity index (χ3n) is 6.75. The summed E-state index contributed by atoms with van der Waals surface area (Å²) in [6.07, 6.45) is -2.00. The molecular formula is C28H30F3N7O4. The number of benzene rings is 2. The first-order chi connectivity index (χ1) is 19.8. The molecule has 222 valence electrons. The lowest BCUT2D eigenvalue weighted by atomic mass is 9.83. The number of hydrogen-bond donors (Lipinski definition) is 2. The van der Waals surface area contributed by atoms with Gasteiger partial charge in [-0.2, -0.15) is 13.2 Å². The van der Waals surface area contributed by atoms with E-state index in [9.17, 15) is 22.8 Å². The first kappa shape index (κ1) is 29.0. The Morgan fingerprint density at radius 1 is 1.02 bits per heavy atom. The minimum atomic E-state index is -5.01. The van der Waals surface area contributed by atoms with Crippen LogP contribution in [0.4, 0.5) is 18.0 Å². The van der Waals surface area contributed by atoms with Gasteiger partial charge in [0.05, 0.1) is 0 Å². The number of rotatable bonds is 5. The van der Waals surface area contributed by atoms with Crippen LogP contribution in [0.5, 0.6) is 5.75 Å². The minimum absolute atomic E-state index is 0.262. The second kappa shape index (κ2) is 11.1.